The third kappa shape index (κ3) is 18.4. The van der Waals surface area contributed by atoms with Crippen molar-refractivity contribution < 1.29 is 9.90 Å². The van der Waals surface area contributed by atoms with Gasteiger partial charge in [0.25, 0.3) is 0 Å². The van der Waals surface area contributed by atoms with Gasteiger partial charge in [-0.2, -0.15) is 0 Å². The lowest BCUT2D eigenvalue weighted by Gasteiger charge is -2.05. The summed E-state index contributed by atoms with van der Waals surface area (Å²) < 4.78 is 0. The van der Waals surface area contributed by atoms with Crippen molar-refractivity contribution in [2.45, 2.75) is 46.5 Å². The van der Waals surface area contributed by atoms with Crippen molar-refractivity contribution in [3.05, 3.63) is 0 Å². The van der Waals surface area contributed by atoms with Crippen LogP contribution in [-0.2, 0) is 4.79 Å². The molecule has 80 valence electrons. The van der Waals surface area contributed by atoms with Crippen LogP contribution in [0.1, 0.15) is 46.5 Å². The van der Waals surface area contributed by atoms with Crippen LogP contribution in [0.5, 0.6) is 0 Å². The van der Waals surface area contributed by atoms with Crippen molar-refractivity contribution in [3.8, 4) is 0 Å². The van der Waals surface area contributed by atoms with E-state index in [4.69, 9.17) is 5.11 Å². The average Bonchev–Trinajstić information content (AvgIpc) is 2.06. The number of rotatable bonds is 5. The summed E-state index contributed by atoms with van der Waals surface area (Å²) in [6, 6.07) is 0. The summed E-state index contributed by atoms with van der Waals surface area (Å²) in [7, 11) is 0. The number of aliphatic carboxylic acids is 1. The monoisotopic (exact) mass is 189 g/mol. The maximum atomic E-state index is 9.24. The van der Waals surface area contributed by atoms with E-state index in [-0.39, 0.29) is 6.54 Å². The molecule has 0 aromatic rings. The molecular formula is C10H23NO2. The van der Waals surface area contributed by atoms with E-state index in [1.807, 2.05) is 0 Å². The first-order valence-corrected chi connectivity index (χ1v) is 5.00. The second-order valence-corrected chi connectivity index (χ2v) is 3.28. The minimum absolute atomic E-state index is 0.278. The predicted octanol–water partition coefficient (Wildman–Crippen LogP) is 2.25. The summed E-state index contributed by atoms with van der Waals surface area (Å²) in [6.45, 7) is 6.57. The Morgan fingerprint density at radius 2 is 1.62 bits per heavy atom. The highest BCUT2D eigenvalue weighted by Crippen LogP contribution is 2.10. The fourth-order valence-corrected chi connectivity index (χ4v) is 1.13. The Morgan fingerprint density at radius 3 is 1.77 bits per heavy atom. The number of hydrogen-bond acceptors (Lipinski definition) is 2. The van der Waals surface area contributed by atoms with Gasteiger partial charge in [-0.25, -0.2) is 0 Å². The van der Waals surface area contributed by atoms with Crippen LogP contribution in [0.2, 0.25) is 0 Å². The van der Waals surface area contributed by atoms with Gasteiger partial charge >= 0.3 is 5.97 Å². The van der Waals surface area contributed by atoms with Gasteiger partial charge in [-0.15, -0.1) is 0 Å². The second-order valence-electron chi connectivity index (χ2n) is 3.28. The summed E-state index contributed by atoms with van der Waals surface area (Å²) in [5, 5.41) is 7.60. The Bertz CT molecular complexity index is 109. The van der Waals surface area contributed by atoms with Gasteiger partial charge in [-0.3, -0.25) is 4.79 Å². The molecule has 0 amide bonds. The SMILES string of the molecule is CCCC(C)CCC.NCC(=O)O. The lowest BCUT2D eigenvalue weighted by molar-refractivity contribution is -0.135. The van der Waals surface area contributed by atoms with Gasteiger partial charge in [0.05, 0.1) is 6.54 Å². The van der Waals surface area contributed by atoms with Crippen LogP contribution in [0, 0.1) is 5.92 Å². The standard InChI is InChI=1S/C8H18.C2H5NO2/c1-4-6-8(3)7-5-2;3-1-2(4)5/h8H,4-7H2,1-3H3;1,3H2,(H,4,5). The lowest BCUT2D eigenvalue weighted by atomic mass is 10.0. The van der Waals surface area contributed by atoms with Gasteiger partial charge in [-0.05, 0) is 5.92 Å². The van der Waals surface area contributed by atoms with Crippen LogP contribution in [0.15, 0.2) is 0 Å². The van der Waals surface area contributed by atoms with Crippen molar-refractivity contribution in [1.82, 2.24) is 0 Å². The molecule has 0 unspecified atom stereocenters. The van der Waals surface area contributed by atoms with Crippen LogP contribution in [0.4, 0.5) is 0 Å². The molecule has 0 heterocycles. The molecule has 0 aliphatic heterocycles. The van der Waals surface area contributed by atoms with Crippen LogP contribution in [0.3, 0.4) is 0 Å². The molecule has 3 heteroatoms. The van der Waals surface area contributed by atoms with E-state index in [0.717, 1.165) is 5.92 Å². The van der Waals surface area contributed by atoms with Gasteiger partial charge in [0.2, 0.25) is 0 Å². The summed E-state index contributed by atoms with van der Waals surface area (Å²) in [4.78, 5) is 9.24. The fourth-order valence-electron chi connectivity index (χ4n) is 1.13. The largest absolute Gasteiger partial charge is 0.480 e. The molecule has 0 spiro atoms. The van der Waals surface area contributed by atoms with Crippen molar-refractivity contribution in [2.24, 2.45) is 11.7 Å². The van der Waals surface area contributed by atoms with E-state index < -0.39 is 5.97 Å². The minimum Gasteiger partial charge on any atom is -0.480 e. The summed E-state index contributed by atoms with van der Waals surface area (Å²) in [6.07, 6.45) is 5.52. The van der Waals surface area contributed by atoms with E-state index in [9.17, 15) is 4.79 Å². The molecule has 0 bridgehead atoms. The summed E-state index contributed by atoms with van der Waals surface area (Å²) in [5.74, 6) is -0.00463. The Kier molecular flexibility index (Phi) is 13.1. The number of carboxylic acids is 1. The Morgan fingerprint density at radius 1 is 1.31 bits per heavy atom. The third-order valence-corrected chi connectivity index (χ3v) is 1.74. The molecule has 3 N–H and O–H groups in total. The molecular weight excluding hydrogens is 166 g/mol. The number of carboxylic acid groups (broad SMARTS) is 1. The molecule has 0 atom stereocenters. The highest BCUT2D eigenvalue weighted by Gasteiger charge is 1.95. The fraction of sp³-hybridized carbons (Fsp3) is 0.900. The predicted molar refractivity (Wildman–Crippen MR) is 55.7 cm³/mol. The molecule has 13 heavy (non-hydrogen) atoms. The summed E-state index contributed by atoms with van der Waals surface area (Å²) in [5.41, 5.74) is 4.57. The normalized spacial score (nSPS) is 9.31. The van der Waals surface area contributed by atoms with Crippen molar-refractivity contribution >= 4 is 5.97 Å². The first kappa shape index (κ1) is 14.9. The third-order valence-electron chi connectivity index (χ3n) is 1.74. The van der Waals surface area contributed by atoms with Crippen LogP contribution in [-0.4, -0.2) is 17.6 Å². The first-order valence-electron chi connectivity index (χ1n) is 5.00. The van der Waals surface area contributed by atoms with E-state index in [1.165, 1.54) is 25.7 Å². The van der Waals surface area contributed by atoms with Gasteiger partial charge in [0.1, 0.15) is 0 Å². The maximum absolute atomic E-state index is 9.24. The van der Waals surface area contributed by atoms with E-state index in [1.54, 1.807) is 0 Å². The molecule has 0 aliphatic rings. The molecule has 0 fully saturated rings. The van der Waals surface area contributed by atoms with Crippen LogP contribution < -0.4 is 5.73 Å². The molecule has 3 nitrogen and oxygen atoms in total. The van der Waals surface area contributed by atoms with Gasteiger partial charge in [0, 0.05) is 0 Å². The zero-order valence-electron chi connectivity index (χ0n) is 9.05. The van der Waals surface area contributed by atoms with Crippen LogP contribution in [0.25, 0.3) is 0 Å². The molecule has 0 aromatic heterocycles. The molecule has 0 aromatic carbocycles. The van der Waals surface area contributed by atoms with Gasteiger partial charge in [-0.1, -0.05) is 46.5 Å². The molecule has 0 saturated heterocycles. The first-order chi connectivity index (χ1) is 6.08. The van der Waals surface area contributed by atoms with Crippen molar-refractivity contribution in [2.75, 3.05) is 6.54 Å². The van der Waals surface area contributed by atoms with E-state index in [0.29, 0.717) is 0 Å². The van der Waals surface area contributed by atoms with Crippen LogP contribution >= 0.6 is 0 Å². The van der Waals surface area contributed by atoms with Crippen molar-refractivity contribution in [3.63, 3.8) is 0 Å². The number of nitrogens with two attached hydrogens (primary N) is 1. The molecule has 0 aliphatic carbocycles. The van der Waals surface area contributed by atoms with Gasteiger partial charge in [0.15, 0.2) is 0 Å². The summed E-state index contributed by atoms with van der Waals surface area (Å²) >= 11 is 0. The zero-order chi connectivity index (χ0) is 10.7. The van der Waals surface area contributed by atoms with E-state index >= 15 is 0 Å². The highest BCUT2D eigenvalue weighted by molar-refractivity contribution is 5.68. The number of carbonyl (C=O) groups is 1. The van der Waals surface area contributed by atoms with E-state index in [2.05, 4.69) is 26.5 Å². The second kappa shape index (κ2) is 11.4. The Labute approximate surface area is 81.3 Å². The van der Waals surface area contributed by atoms with Gasteiger partial charge < -0.3 is 10.8 Å². The zero-order valence-corrected chi connectivity index (χ0v) is 9.05. The Balaban J connectivity index is 0. The maximum Gasteiger partial charge on any atom is 0.317 e. The molecule has 0 saturated carbocycles. The lowest BCUT2D eigenvalue weighted by Crippen LogP contribution is -2.10. The highest BCUT2D eigenvalue weighted by atomic mass is 16.4. The smallest absolute Gasteiger partial charge is 0.317 e. The Hall–Kier alpha value is -0.570. The quantitative estimate of drug-likeness (QED) is 0.697. The number of hydrogen-bond donors (Lipinski definition) is 2. The topological polar surface area (TPSA) is 63.3 Å². The minimum atomic E-state index is -0.968. The molecule has 0 rings (SSSR count). The van der Waals surface area contributed by atoms with Crippen molar-refractivity contribution in [1.29, 1.82) is 0 Å². The average molecular weight is 189 g/mol. The molecule has 0 radical (unpaired) electrons.